The molecule has 1 aromatic carbocycles. The largest absolute Gasteiger partial charge is 0.310 e. The van der Waals surface area contributed by atoms with E-state index in [1.165, 1.54) is 0 Å². The van der Waals surface area contributed by atoms with E-state index in [2.05, 4.69) is 32.2 Å². The minimum atomic E-state index is -0.0681. The highest BCUT2D eigenvalue weighted by Crippen LogP contribution is 2.30. The maximum Gasteiger partial charge on any atom is 0.128 e. The summed E-state index contributed by atoms with van der Waals surface area (Å²) >= 11 is 0. The number of benzene rings is 1. The van der Waals surface area contributed by atoms with E-state index in [0.717, 1.165) is 36.1 Å². The molecule has 2 heteroatoms. The summed E-state index contributed by atoms with van der Waals surface area (Å²) < 4.78 is 14.2. The second kappa shape index (κ2) is 6.89. The molecule has 0 fully saturated rings. The van der Waals surface area contributed by atoms with Gasteiger partial charge in [-0.3, -0.25) is 0 Å². The fraction of sp³-hybridized carbons (Fsp3) is 0.625. The van der Waals surface area contributed by atoms with E-state index in [0.29, 0.717) is 5.92 Å². The topological polar surface area (TPSA) is 12.0 Å². The highest BCUT2D eigenvalue weighted by molar-refractivity contribution is 5.34. The molecule has 18 heavy (non-hydrogen) atoms. The van der Waals surface area contributed by atoms with Crippen LogP contribution in [0.25, 0.3) is 0 Å². The first-order valence-electron chi connectivity index (χ1n) is 7.01. The van der Waals surface area contributed by atoms with Crippen molar-refractivity contribution in [2.75, 3.05) is 6.54 Å². The van der Waals surface area contributed by atoms with Crippen LogP contribution in [0, 0.1) is 25.6 Å². The maximum atomic E-state index is 14.2. The van der Waals surface area contributed by atoms with Crippen molar-refractivity contribution in [2.24, 2.45) is 5.92 Å². The van der Waals surface area contributed by atoms with Gasteiger partial charge in [-0.15, -0.1) is 0 Å². The number of rotatable bonds is 6. The first-order valence-corrected chi connectivity index (χ1v) is 7.01. The molecule has 0 heterocycles. The lowest BCUT2D eigenvalue weighted by molar-refractivity contribution is 0.357. The molecule has 0 amide bonds. The average molecular weight is 251 g/mol. The van der Waals surface area contributed by atoms with Gasteiger partial charge in [0.1, 0.15) is 5.82 Å². The molecular formula is C16H26FN. The maximum absolute atomic E-state index is 14.2. The number of nitrogens with one attached hydrogen (secondary N) is 1. The Bertz CT molecular complexity index is 364. The summed E-state index contributed by atoms with van der Waals surface area (Å²) in [6.45, 7) is 11.3. The van der Waals surface area contributed by atoms with Crippen LogP contribution in [-0.2, 0) is 0 Å². The van der Waals surface area contributed by atoms with Crippen molar-refractivity contribution in [3.63, 3.8) is 0 Å². The fourth-order valence-electron chi connectivity index (χ4n) is 2.75. The third kappa shape index (κ3) is 3.55. The molecule has 0 radical (unpaired) electrons. The van der Waals surface area contributed by atoms with Crippen LogP contribution < -0.4 is 5.32 Å². The number of hydrogen-bond donors (Lipinski definition) is 1. The minimum Gasteiger partial charge on any atom is -0.310 e. The minimum absolute atomic E-state index is 0.0681. The average Bonchev–Trinajstić information content (AvgIpc) is 2.26. The van der Waals surface area contributed by atoms with Crippen LogP contribution in [0.4, 0.5) is 4.39 Å². The van der Waals surface area contributed by atoms with Crippen molar-refractivity contribution in [2.45, 2.75) is 53.5 Å². The monoisotopic (exact) mass is 251 g/mol. The standard InChI is InChI=1S/C16H26FN/c1-6-8-12(4)16(18-7-2)15-13(5)9-11(3)10-14(15)17/h9-10,12,16,18H,6-8H2,1-5H3. The summed E-state index contributed by atoms with van der Waals surface area (Å²) in [5.41, 5.74) is 2.90. The van der Waals surface area contributed by atoms with Crippen LogP contribution in [0.15, 0.2) is 12.1 Å². The van der Waals surface area contributed by atoms with E-state index in [9.17, 15) is 4.39 Å². The predicted molar refractivity (Wildman–Crippen MR) is 76.4 cm³/mol. The zero-order chi connectivity index (χ0) is 13.7. The molecule has 2 atom stereocenters. The molecule has 0 aromatic heterocycles. The summed E-state index contributed by atoms with van der Waals surface area (Å²) in [5, 5.41) is 3.44. The molecule has 0 aliphatic rings. The molecule has 1 nitrogen and oxygen atoms in total. The quantitative estimate of drug-likeness (QED) is 0.783. The van der Waals surface area contributed by atoms with Crippen molar-refractivity contribution < 1.29 is 4.39 Å². The second-order valence-corrected chi connectivity index (χ2v) is 5.28. The molecule has 0 aliphatic heterocycles. The van der Waals surface area contributed by atoms with Gasteiger partial charge in [-0.25, -0.2) is 4.39 Å². The van der Waals surface area contributed by atoms with Crippen LogP contribution in [0.2, 0.25) is 0 Å². The summed E-state index contributed by atoms with van der Waals surface area (Å²) in [7, 11) is 0. The van der Waals surface area contributed by atoms with Gasteiger partial charge in [0.25, 0.3) is 0 Å². The molecule has 102 valence electrons. The summed E-state index contributed by atoms with van der Waals surface area (Å²) in [6, 6.07) is 3.84. The van der Waals surface area contributed by atoms with E-state index in [1.807, 2.05) is 13.8 Å². The van der Waals surface area contributed by atoms with Crippen LogP contribution >= 0.6 is 0 Å². The molecule has 0 saturated carbocycles. The highest BCUT2D eigenvalue weighted by atomic mass is 19.1. The summed E-state index contributed by atoms with van der Waals surface area (Å²) in [5.74, 6) is 0.382. The zero-order valence-corrected chi connectivity index (χ0v) is 12.3. The first kappa shape index (κ1) is 15.2. The smallest absolute Gasteiger partial charge is 0.128 e. The Morgan fingerprint density at radius 2 is 1.89 bits per heavy atom. The van der Waals surface area contributed by atoms with E-state index in [-0.39, 0.29) is 11.9 Å². The number of halogens is 1. The van der Waals surface area contributed by atoms with Crippen LogP contribution in [0.5, 0.6) is 0 Å². The van der Waals surface area contributed by atoms with Crippen molar-refractivity contribution >= 4 is 0 Å². The Morgan fingerprint density at radius 1 is 1.22 bits per heavy atom. The fourth-order valence-corrected chi connectivity index (χ4v) is 2.75. The molecule has 0 bridgehead atoms. The van der Waals surface area contributed by atoms with Gasteiger partial charge in [0.2, 0.25) is 0 Å². The second-order valence-electron chi connectivity index (χ2n) is 5.28. The molecule has 1 aromatic rings. The molecule has 0 spiro atoms. The van der Waals surface area contributed by atoms with Crippen LogP contribution in [0.1, 0.15) is 56.3 Å². The van der Waals surface area contributed by atoms with Crippen molar-refractivity contribution in [1.29, 1.82) is 0 Å². The van der Waals surface area contributed by atoms with Gasteiger partial charge < -0.3 is 5.32 Å². The van der Waals surface area contributed by atoms with E-state index < -0.39 is 0 Å². The van der Waals surface area contributed by atoms with E-state index in [4.69, 9.17) is 0 Å². The van der Waals surface area contributed by atoms with Gasteiger partial charge in [-0.1, -0.05) is 33.3 Å². The van der Waals surface area contributed by atoms with Crippen LogP contribution in [0.3, 0.4) is 0 Å². The number of aryl methyl sites for hydroxylation is 2. The van der Waals surface area contributed by atoms with Crippen molar-refractivity contribution in [3.05, 3.63) is 34.6 Å². The Hall–Kier alpha value is -0.890. The van der Waals surface area contributed by atoms with E-state index in [1.54, 1.807) is 6.07 Å². The lowest BCUT2D eigenvalue weighted by atomic mass is 9.87. The molecule has 1 N–H and O–H groups in total. The molecule has 1 rings (SSSR count). The van der Waals surface area contributed by atoms with E-state index >= 15 is 0 Å². The SMILES string of the molecule is CCCC(C)C(NCC)c1c(C)cc(C)cc1F. The Kier molecular flexibility index (Phi) is 5.80. The Labute approximate surface area is 111 Å². The van der Waals surface area contributed by atoms with Gasteiger partial charge in [0.05, 0.1) is 0 Å². The normalized spacial score (nSPS) is 14.6. The highest BCUT2D eigenvalue weighted by Gasteiger charge is 2.22. The summed E-state index contributed by atoms with van der Waals surface area (Å²) in [4.78, 5) is 0. The predicted octanol–water partition coefficient (Wildman–Crippen LogP) is 4.53. The Balaban J connectivity index is 3.12. The van der Waals surface area contributed by atoms with Gasteiger partial charge in [-0.05, 0) is 49.9 Å². The molecule has 0 saturated heterocycles. The molecule has 0 aliphatic carbocycles. The lowest BCUT2D eigenvalue weighted by Crippen LogP contribution is -2.28. The molecule has 2 unspecified atom stereocenters. The summed E-state index contributed by atoms with van der Waals surface area (Å²) in [6.07, 6.45) is 2.25. The van der Waals surface area contributed by atoms with Crippen molar-refractivity contribution in [3.8, 4) is 0 Å². The zero-order valence-electron chi connectivity index (χ0n) is 12.3. The lowest BCUT2D eigenvalue weighted by Gasteiger charge is -2.27. The van der Waals surface area contributed by atoms with Gasteiger partial charge in [-0.2, -0.15) is 0 Å². The third-order valence-electron chi connectivity index (χ3n) is 3.53. The van der Waals surface area contributed by atoms with Gasteiger partial charge in [0, 0.05) is 11.6 Å². The number of hydrogen-bond acceptors (Lipinski definition) is 1. The molecular weight excluding hydrogens is 225 g/mol. The Morgan fingerprint density at radius 3 is 2.39 bits per heavy atom. The van der Waals surface area contributed by atoms with Gasteiger partial charge in [0.15, 0.2) is 0 Å². The first-order chi connectivity index (χ1) is 8.51. The van der Waals surface area contributed by atoms with Crippen LogP contribution in [-0.4, -0.2) is 6.54 Å². The third-order valence-corrected chi connectivity index (χ3v) is 3.53. The van der Waals surface area contributed by atoms with Gasteiger partial charge >= 0.3 is 0 Å². The van der Waals surface area contributed by atoms with Crippen molar-refractivity contribution in [1.82, 2.24) is 5.32 Å².